The molecule has 0 amide bonds. The number of aromatic nitrogens is 1. The lowest BCUT2D eigenvalue weighted by atomic mass is 10.1. The number of hydrogen-bond donors (Lipinski definition) is 2. The minimum atomic E-state index is -3.51. The van der Waals surface area contributed by atoms with Crippen LogP contribution in [0.25, 0.3) is 0 Å². The molecule has 21 heavy (non-hydrogen) atoms. The molecule has 5 nitrogen and oxygen atoms in total. The predicted molar refractivity (Wildman–Crippen MR) is 84.8 cm³/mol. The summed E-state index contributed by atoms with van der Waals surface area (Å²) in [6, 6.07) is 3.33. The van der Waals surface area contributed by atoms with E-state index in [1.807, 2.05) is 6.92 Å². The Balaban J connectivity index is 2.14. The third-order valence-corrected chi connectivity index (χ3v) is 5.33. The van der Waals surface area contributed by atoms with Gasteiger partial charge in [-0.1, -0.05) is 32.6 Å². The van der Waals surface area contributed by atoms with Gasteiger partial charge in [-0.15, -0.1) is 0 Å². The van der Waals surface area contributed by atoms with E-state index < -0.39 is 10.0 Å². The first-order valence-electron chi connectivity index (χ1n) is 7.84. The van der Waals surface area contributed by atoms with Gasteiger partial charge >= 0.3 is 0 Å². The number of nitrogens with one attached hydrogen (secondary N) is 2. The van der Waals surface area contributed by atoms with Crippen LogP contribution in [0.2, 0.25) is 0 Å². The summed E-state index contributed by atoms with van der Waals surface area (Å²) in [6.45, 7) is 2.75. The number of pyridine rings is 1. The minimum absolute atomic E-state index is 0.0525. The summed E-state index contributed by atoms with van der Waals surface area (Å²) in [6.07, 6.45) is 8.99. The van der Waals surface area contributed by atoms with E-state index in [-0.39, 0.29) is 10.9 Å². The maximum absolute atomic E-state index is 12.6. The lowest BCUT2D eigenvalue weighted by Crippen LogP contribution is -2.35. The maximum Gasteiger partial charge on any atom is 0.244 e. The Bertz CT molecular complexity index is 538. The Hall–Kier alpha value is -1.14. The number of anilines is 1. The van der Waals surface area contributed by atoms with Crippen LogP contribution in [-0.2, 0) is 10.0 Å². The fourth-order valence-corrected chi connectivity index (χ4v) is 4.10. The highest BCUT2D eigenvalue weighted by Crippen LogP contribution is 2.22. The Labute approximate surface area is 127 Å². The second kappa shape index (κ2) is 7.75. The number of sulfonamides is 1. The van der Waals surface area contributed by atoms with E-state index in [0.717, 1.165) is 32.1 Å². The molecule has 0 aliphatic heterocycles. The summed E-state index contributed by atoms with van der Waals surface area (Å²) in [5, 5.41) is 3.09. The molecule has 1 aromatic rings. The van der Waals surface area contributed by atoms with Crippen LogP contribution in [-0.4, -0.2) is 26.0 Å². The van der Waals surface area contributed by atoms with Gasteiger partial charge in [-0.3, -0.25) is 0 Å². The Morgan fingerprint density at radius 3 is 2.62 bits per heavy atom. The van der Waals surface area contributed by atoms with E-state index >= 15 is 0 Å². The highest BCUT2D eigenvalue weighted by atomic mass is 32.2. The molecule has 0 bridgehead atoms. The molecule has 1 aliphatic carbocycles. The van der Waals surface area contributed by atoms with Crippen molar-refractivity contribution < 1.29 is 8.42 Å². The van der Waals surface area contributed by atoms with Crippen molar-refractivity contribution in [2.45, 2.75) is 62.8 Å². The molecule has 1 saturated carbocycles. The fourth-order valence-electron chi connectivity index (χ4n) is 2.66. The zero-order valence-corrected chi connectivity index (χ0v) is 13.5. The standard InChI is InChI=1S/C15H25N3O2S/c1-2-11-16-15-14(10-7-12-17-15)21(19,20)18-13-8-5-3-4-6-9-13/h7,10,12-13,18H,2-6,8-9,11H2,1H3,(H,16,17). The van der Waals surface area contributed by atoms with E-state index in [1.165, 1.54) is 12.8 Å². The van der Waals surface area contributed by atoms with Gasteiger partial charge in [-0.25, -0.2) is 18.1 Å². The molecular weight excluding hydrogens is 286 g/mol. The first-order valence-corrected chi connectivity index (χ1v) is 9.33. The summed E-state index contributed by atoms with van der Waals surface area (Å²) in [5.41, 5.74) is 0. The molecule has 0 aromatic carbocycles. The molecule has 1 aliphatic rings. The maximum atomic E-state index is 12.6. The molecule has 2 N–H and O–H groups in total. The molecule has 0 unspecified atom stereocenters. The van der Waals surface area contributed by atoms with Crippen LogP contribution in [0, 0.1) is 0 Å². The fraction of sp³-hybridized carbons (Fsp3) is 0.667. The smallest absolute Gasteiger partial charge is 0.244 e. The second-order valence-electron chi connectivity index (χ2n) is 5.59. The summed E-state index contributed by atoms with van der Waals surface area (Å²) >= 11 is 0. The van der Waals surface area contributed by atoms with Crippen molar-refractivity contribution in [1.29, 1.82) is 0 Å². The third-order valence-electron chi connectivity index (χ3n) is 3.78. The SMILES string of the molecule is CCCNc1ncccc1S(=O)(=O)NC1CCCCCC1. The molecule has 118 valence electrons. The zero-order valence-electron chi connectivity index (χ0n) is 12.6. The van der Waals surface area contributed by atoms with Gasteiger partial charge in [0.2, 0.25) is 10.0 Å². The van der Waals surface area contributed by atoms with E-state index in [0.29, 0.717) is 12.4 Å². The van der Waals surface area contributed by atoms with Crippen LogP contribution in [0.5, 0.6) is 0 Å². The van der Waals surface area contributed by atoms with Crippen molar-refractivity contribution in [3.63, 3.8) is 0 Å². The van der Waals surface area contributed by atoms with E-state index in [1.54, 1.807) is 18.3 Å². The van der Waals surface area contributed by atoms with Gasteiger partial charge in [-0.05, 0) is 31.4 Å². The highest BCUT2D eigenvalue weighted by molar-refractivity contribution is 7.89. The molecule has 0 spiro atoms. The molecule has 2 rings (SSSR count). The van der Waals surface area contributed by atoms with Crippen molar-refractivity contribution in [3.8, 4) is 0 Å². The number of hydrogen-bond acceptors (Lipinski definition) is 4. The van der Waals surface area contributed by atoms with Crippen molar-refractivity contribution in [3.05, 3.63) is 18.3 Å². The van der Waals surface area contributed by atoms with Gasteiger partial charge in [0.25, 0.3) is 0 Å². The van der Waals surface area contributed by atoms with Crippen molar-refractivity contribution in [2.75, 3.05) is 11.9 Å². The van der Waals surface area contributed by atoms with E-state index in [9.17, 15) is 8.42 Å². The zero-order chi connectivity index (χ0) is 15.1. The summed E-state index contributed by atoms with van der Waals surface area (Å²) < 4.78 is 28.1. The molecular formula is C15H25N3O2S. The van der Waals surface area contributed by atoms with Gasteiger partial charge in [-0.2, -0.15) is 0 Å². The molecule has 6 heteroatoms. The topological polar surface area (TPSA) is 71.1 Å². The first-order chi connectivity index (χ1) is 10.1. The summed E-state index contributed by atoms with van der Waals surface area (Å²) in [4.78, 5) is 4.42. The van der Waals surface area contributed by atoms with Crippen molar-refractivity contribution in [2.24, 2.45) is 0 Å². The van der Waals surface area contributed by atoms with E-state index in [4.69, 9.17) is 0 Å². The average Bonchev–Trinajstić information content (AvgIpc) is 2.73. The van der Waals surface area contributed by atoms with Crippen LogP contribution in [0.15, 0.2) is 23.2 Å². The van der Waals surface area contributed by atoms with E-state index in [2.05, 4.69) is 15.0 Å². The van der Waals surface area contributed by atoms with Gasteiger partial charge in [0.15, 0.2) is 0 Å². The molecule has 1 aromatic heterocycles. The quantitative estimate of drug-likeness (QED) is 0.792. The number of rotatable bonds is 6. The summed E-state index contributed by atoms with van der Waals surface area (Å²) in [5.74, 6) is 0.445. The highest BCUT2D eigenvalue weighted by Gasteiger charge is 2.23. The Morgan fingerprint density at radius 1 is 1.24 bits per heavy atom. The van der Waals surface area contributed by atoms with Gasteiger partial charge in [0, 0.05) is 18.8 Å². The lowest BCUT2D eigenvalue weighted by molar-refractivity contribution is 0.510. The monoisotopic (exact) mass is 311 g/mol. The predicted octanol–water partition coefficient (Wildman–Crippen LogP) is 2.90. The molecule has 0 saturated heterocycles. The van der Waals surface area contributed by atoms with Crippen LogP contribution in [0.1, 0.15) is 51.9 Å². The van der Waals surface area contributed by atoms with Crippen LogP contribution in [0.3, 0.4) is 0 Å². The Morgan fingerprint density at radius 2 is 1.95 bits per heavy atom. The second-order valence-corrected chi connectivity index (χ2v) is 7.27. The summed E-state index contributed by atoms with van der Waals surface area (Å²) in [7, 11) is -3.51. The third kappa shape index (κ3) is 4.68. The average molecular weight is 311 g/mol. The number of nitrogens with zero attached hydrogens (tertiary/aromatic N) is 1. The Kier molecular flexibility index (Phi) is 5.99. The molecule has 0 radical (unpaired) electrons. The van der Waals surface area contributed by atoms with Gasteiger partial charge in [0.05, 0.1) is 0 Å². The molecule has 0 atom stereocenters. The van der Waals surface area contributed by atoms with Crippen LogP contribution < -0.4 is 10.0 Å². The van der Waals surface area contributed by atoms with Crippen LogP contribution in [0.4, 0.5) is 5.82 Å². The molecule has 1 fully saturated rings. The van der Waals surface area contributed by atoms with Crippen molar-refractivity contribution >= 4 is 15.8 Å². The molecule has 1 heterocycles. The first kappa shape index (κ1) is 16.2. The van der Waals surface area contributed by atoms with Crippen LogP contribution >= 0.6 is 0 Å². The minimum Gasteiger partial charge on any atom is -0.369 e. The van der Waals surface area contributed by atoms with Crippen molar-refractivity contribution in [1.82, 2.24) is 9.71 Å². The van der Waals surface area contributed by atoms with Gasteiger partial charge in [0.1, 0.15) is 10.7 Å². The lowest BCUT2D eigenvalue weighted by Gasteiger charge is -2.18. The van der Waals surface area contributed by atoms with Gasteiger partial charge < -0.3 is 5.32 Å². The largest absolute Gasteiger partial charge is 0.369 e. The normalized spacial score (nSPS) is 17.4.